The summed E-state index contributed by atoms with van der Waals surface area (Å²) in [6, 6.07) is 13.6. The Bertz CT molecular complexity index is 601. The summed E-state index contributed by atoms with van der Waals surface area (Å²) in [5, 5.41) is 4.03. The van der Waals surface area contributed by atoms with Crippen molar-refractivity contribution in [1.29, 1.82) is 0 Å². The molecule has 2 aromatic rings. The van der Waals surface area contributed by atoms with Crippen molar-refractivity contribution in [3.05, 3.63) is 57.5 Å². The Morgan fingerprint density at radius 1 is 1.14 bits per heavy atom. The van der Waals surface area contributed by atoms with Gasteiger partial charge in [0.2, 0.25) is 0 Å². The first kappa shape index (κ1) is 16.3. The van der Waals surface area contributed by atoms with Crippen LogP contribution < -0.4 is 10.1 Å². The first-order valence-electron chi connectivity index (χ1n) is 6.98. The van der Waals surface area contributed by atoms with E-state index in [1.807, 2.05) is 36.4 Å². The van der Waals surface area contributed by atoms with E-state index in [0.29, 0.717) is 16.7 Å². The lowest BCUT2D eigenvalue weighted by Gasteiger charge is -2.14. The van der Waals surface area contributed by atoms with Gasteiger partial charge < -0.3 is 10.1 Å². The molecule has 0 atom stereocenters. The number of hydrogen-bond acceptors (Lipinski definition) is 2. The zero-order valence-electron chi connectivity index (χ0n) is 12.2. The Hall–Kier alpha value is -1.03. The Kier molecular flexibility index (Phi) is 6.09. The van der Waals surface area contributed by atoms with Crippen molar-refractivity contribution in [2.24, 2.45) is 5.92 Å². The minimum absolute atomic E-state index is 0.600. The molecule has 0 heterocycles. The number of benzene rings is 2. The van der Waals surface area contributed by atoms with Gasteiger partial charge >= 0.3 is 0 Å². The van der Waals surface area contributed by atoms with Crippen LogP contribution in [0.2, 0.25) is 5.02 Å². The highest BCUT2D eigenvalue weighted by molar-refractivity contribution is 9.10. The lowest BCUT2D eigenvalue weighted by Crippen LogP contribution is -2.19. The molecule has 0 amide bonds. The molecule has 0 fully saturated rings. The molecule has 112 valence electrons. The monoisotopic (exact) mass is 367 g/mol. The summed E-state index contributed by atoms with van der Waals surface area (Å²) in [5.74, 6) is 2.11. The summed E-state index contributed by atoms with van der Waals surface area (Å²) in [6.07, 6.45) is 0. The predicted molar refractivity (Wildman–Crippen MR) is 92.2 cm³/mol. The molecular formula is C17H19BrClNO. The lowest BCUT2D eigenvalue weighted by molar-refractivity contribution is 0.469. The Balaban J connectivity index is 2.14. The number of nitrogens with one attached hydrogen (secondary N) is 1. The maximum Gasteiger partial charge on any atom is 0.147 e. The van der Waals surface area contributed by atoms with E-state index < -0.39 is 0 Å². The first-order chi connectivity index (χ1) is 10.1. The van der Waals surface area contributed by atoms with E-state index in [1.54, 1.807) is 0 Å². The van der Waals surface area contributed by atoms with E-state index in [9.17, 15) is 0 Å². The van der Waals surface area contributed by atoms with E-state index >= 15 is 0 Å². The minimum Gasteiger partial charge on any atom is -0.455 e. The van der Waals surface area contributed by atoms with Gasteiger partial charge in [-0.05, 0) is 36.7 Å². The molecule has 0 aliphatic rings. The highest BCUT2D eigenvalue weighted by Gasteiger charge is 2.08. The molecule has 0 aliphatic carbocycles. The highest BCUT2D eigenvalue weighted by Crippen LogP contribution is 2.33. The van der Waals surface area contributed by atoms with E-state index in [0.717, 1.165) is 28.9 Å². The van der Waals surface area contributed by atoms with Crippen molar-refractivity contribution in [3.8, 4) is 11.5 Å². The lowest BCUT2D eigenvalue weighted by atomic mass is 10.2. The molecule has 0 spiro atoms. The van der Waals surface area contributed by atoms with Gasteiger partial charge in [0.15, 0.2) is 0 Å². The smallest absolute Gasteiger partial charge is 0.147 e. The van der Waals surface area contributed by atoms with E-state index in [2.05, 4.69) is 41.2 Å². The van der Waals surface area contributed by atoms with Gasteiger partial charge in [-0.1, -0.05) is 59.6 Å². The van der Waals surface area contributed by atoms with Crippen LogP contribution in [-0.2, 0) is 6.54 Å². The largest absolute Gasteiger partial charge is 0.455 e. The van der Waals surface area contributed by atoms with Gasteiger partial charge in [0.25, 0.3) is 0 Å². The maximum absolute atomic E-state index is 6.18. The van der Waals surface area contributed by atoms with E-state index in [-0.39, 0.29) is 0 Å². The second-order valence-electron chi connectivity index (χ2n) is 5.31. The molecule has 4 heteroatoms. The first-order valence-corrected chi connectivity index (χ1v) is 8.15. The van der Waals surface area contributed by atoms with Crippen LogP contribution >= 0.6 is 27.5 Å². The predicted octanol–water partition coefficient (Wildman–Crippen LogP) is 5.64. The van der Waals surface area contributed by atoms with E-state index in [1.165, 1.54) is 0 Å². The molecule has 1 N–H and O–H groups in total. The normalized spacial score (nSPS) is 10.9. The number of para-hydroxylation sites is 1. The van der Waals surface area contributed by atoms with Crippen LogP contribution in [0.5, 0.6) is 11.5 Å². The fourth-order valence-electron chi connectivity index (χ4n) is 1.92. The third-order valence-electron chi connectivity index (χ3n) is 2.95. The van der Waals surface area contributed by atoms with Crippen molar-refractivity contribution in [3.63, 3.8) is 0 Å². The van der Waals surface area contributed by atoms with Gasteiger partial charge in [-0.2, -0.15) is 0 Å². The number of halogens is 2. The minimum atomic E-state index is 0.600. The molecule has 0 unspecified atom stereocenters. The molecule has 2 aromatic carbocycles. The second-order valence-corrected chi connectivity index (χ2v) is 6.63. The Labute approximate surface area is 139 Å². The van der Waals surface area contributed by atoms with Crippen molar-refractivity contribution >= 4 is 27.5 Å². The van der Waals surface area contributed by atoms with Gasteiger partial charge in [-0.25, -0.2) is 0 Å². The highest BCUT2D eigenvalue weighted by atomic mass is 79.9. The zero-order chi connectivity index (χ0) is 15.2. The molecule has 2 nitrogen and oxygen atoms in total. The third-order valence-corrected chi connectivity index (χ3v) is 3.76. The van der Waals surface area contributed by atoms with Gasteiger partial charge in [0.1, 0.15) is 11.5 Å². The van der Waals surface area contributed by atoms with Crippen molar-refractivity contribution in [2.75, 3.05) is 6.54 Å². The Morgan fingerprint density at radius 3 is 2.67 bits per heavy atom. The SMILES string of the molecule is CC(C)CNCc1ccccc1Oc1cc(Br)ccc1Cl. The number of rotatable bonds is 6. The summed E-state index contributed by atoms with van der Waals surface area (Å²) in [4.78, 5) is 0. The summed E-state index contributed by atoms with van der Waals surface area (Å²) >= 11 is 9.62. The molecule has 0 aromatic heterocycles. The van der Waals surface area contributed by atoms with Crippen LogP contribution in [0.15, 0.2) is 46.9 Å². The summed E-state index contributed by atoms with van der Waals surface area (Å²) < 4.78 is 6.92. The third kappa shape index (κ3) is 5.03. The fraction of sp³-hybridized carbons (Fsp3) is 0.294. The average Bonchev–Trinajstić information content (AvgIpc) is 2.44. The standard InChI is InChI=1S/C17H19BrClNO/c1-12(2)10-20-11-13-5-3-4-6-16(13)21-17-9-14(18)7-8-15(17)19/h3-9,12,20H,10-11H2,1-2H3. The second kappa shape index (κ2) is 7.83. The van der Waals surface area contributed by atoms with Crippen LogP contribution in [0.4, 0.5) is 0 Å². The molecule has 2 rings (SSSR count). The summed E-state index contributed by atoms with van der Waals surface area (Å²) in [7, 11) is 0. The van der Waals surface area contributed by atoms with Crippen molar-refractivity contribution in [2.45, 2.75) is 20.4 Å². The van der Waals surface area contributed by atoms with Gasteiger partial charge in [0.05, 0.1) is 5.02 Å². The number of ether oxygens (including phenoxy) is 1. The summed E-state index contributed by atoms with van der Waals surface area (Å²) in [5.41, 5.74) is 1.12. The summed E-state index contributed by atoms with van der Waals surface area (Å²) in [6.45, 7) is 6.14. The van der Waals surface area contributed by atoms with Crippen LogP contribution in [0.1, 0.15) is 19.4 Å². The van der Waals surface area contributed by atoms with Crippen LogP contribution in [0.25, 0.3) is 0 Å². The van der Waals surface area contributed by atoms with Crippen LogP contribution in [0, 0.1) is 5.92 Å². The fourth-order valence-corrected chi connectivity index (χ4v) is 2.42. The van der Waals surface area contributed by atoms with Crippen LogP contribution in [-0.4, -0.2) is 6.54 Å². The molecule has 21 heavy (non-hydrogen) atoms. The quantitative estimate of drug-likeness (QED) is 0.712. The van der Waals surface area contributed by atoms with Gasteiger partial charge in [-0.3, -0.25) is 0 Å². The zero-order valence-corrected chi connectivity index (χ0v) is 14.5. The van der Waals surface area contributed by atoms with Crippen molar-refractivity contribution < 1.29 is 4.74 Å². The molecule has 0 saturated heterocycles. The number of hydrogen-bond donors (Lipinski definition) is 1. The molecular weight excluding hydrogens is 350 g/mol. The molecule has 0 saturated carbocycles. The van der Waals surface area contributed by atoms with Gasteiger partial charge in [-0.15, -0.1) is 0 Å². The van der Waals surface area contributed by atoms with Gasteiger partial charge in [0, 0.05) is 16.6 Å². The molecule has 0 bridgehead atoms. The Morgan fingerprint density at radius 2 is 1.90 bits per heavy atom. The molecule has 0 aliphatic heterocycles. The average molecular weight is 369 g/mol. The topological polar surface area (TPSA) is 21.3 Å². The van der Waals surface area contributed by atoms with Crippen LogP contribution in [0.3, 0.4) is 0 Å². The maximum atomic E-state index is 6.18. The molecule has 0 radical (unpaired) electrons. The van der Waals surface area contributed by atoms with E-state index in [4.69, 9.17) is 16.3 Å². The van der Waals surface area contributed by atoms with Crippen molar-refractivity contribution in [1.82, 2.24) is 5.32 Å².